The average molecular weight is 279 g/mol. The summed E-state index contributed by atoms with van der Waals surface area (Å²) >= 11 is 0. The van der Waals surface area contributed by atoms with E-state index in [1.54, 1.807) is 19.2 Å². The fraction of sp³-hybridized carbons (Fsp3) is 0.615. The van der Waals surface area contributed by atoms with E-state index in [4.69, 9.17) is 4.74 Å². The van der Waals surface area contributed by atoms with Crippen molar-refractivity contribution >= 4 is 11.8 Å². The molecule has 1 saturated heterocycles. The summed E-state index contributed by atoms with van der Waals surface area (Å²) in [5.41, 5.74) is 0. The zero-order valence-corrected chi connectivity index (χ0v) is 11.9. The molecule has 1 fully saturated rings. The molecule has 0 aliphatic carbocycles. The smallest absolute Gasteiger partial charge is 0.320 e. The molecule has 1 aliphatic rings. The molecule has 0 spiro atoms. The first kappa shape index (κ1) is 14.7. The minimum Gasteiger partial charge on any atom is -0.376 e. The second kappa shape index (κ2) is 7.16. The van der Waals surface area contributed by atoms with Crippen molar-refractivity contribution in [2.75, 3.05) is 38.1 Å². The number of urea groups is 1. The van der Waals surface area contributed by atoms with Crippen LogP contribution in [0.4, 0.5) is 10.6 Å². The maximum absolute atomic E-state index is 11.7. The fourth-order valence-electron chi connectivity index (χ4n) is 2.11. The second-order valence-electron chi connectivity index (χ2n) is 4.85. The first-order valence-corrected chi connectivity index (χ1v) is 6.82. The highest BCUT2D eigenvalue weighted by Crippen LogP contribution is 2.03. The van der Waals surface area contributed by atoms with Crippen LogP contribution in [0.3, 0.4) is 0 Å². The number of aromatic nitrogens is 2. The van der Waals surface area contributed by atoms with Crippen LogP contribution in [0.1, 0.15) is 12.7 Å². The monoisotopic (exact) mass is 279 g/mol. The van der Waals surface area contributed by atoms with E-state index < -0.39 is 0 Å². The van der Waals surface area contributed by atoms with E-state index in [1.165, 1.54) is 0 Å². The lowest BCUT2D eigenvalue weighted by atomic mass is 10.3. The van der Waals surface area contributed by atoms with Gasteiger partial charge in [0.1, 0.15) is 11.6 Å². The third-order valence-corrected chi connectivity index (χ3v) is 3.06. The highest BCUT2D eigenvalue weighted by molar-refractivity contribution is 5.88. The number of nitrogens with zero attached hydrogens (tertiary/aromatic N) is 3. The molecule has 0 bridgehead atoms. The molecule has 2 N–H and O–H groups in total. The normalized spacial score (nSPS) is 19.6. The number of rotatable bonds is 4. The van der Waals surface area contributed by atoms with Crippen LogP contribution < -0.4 is 10.6 Å². The molecule has 7 heteroatoms. The van der Waals surface area contributed by atoms with Crippen molar-refractivity contribution in [1.29, 1.82) is 0 Å². The zero-order valence-electron chi connectivity index (χ0n) is 11.9. The molecule has 0 saturated carbocycles. The van der Waals surface area contributed by atoms with Crippen molar-refractivity contribution in [1.82, 2.24) is 20.2 Å². The Balaban J connectivity index is 1.67. The fourth-order valence-corrected chi connectivity index (χ4v) is 2.11. The number of hydrogen-bond donors (Lipinski definition) is 2. The number of hydrogen-bond acceptors (Lipinski definition) is 5. The molecule has 1 unspecified atom stereocenters. The van der Waals surface area contributed by atoms with Gasteiger partial charge in [0, 0.05) is 32.4 Å². The minimum atomic E-state index is -0.246. The Morgan fingerprint density at radius 2 is 2.45 bits per heavy atom. The van der Waals surface area contributed by atoms with Crippen molar-refractivity contribution in [2.24, 2.45) is 0 Å². The standard InChI is InChI=1S/C13H21N5O2/c1-10-9-18(7-8-20-10)6-5-15-13(19)17-12-3-4-14-11(2)16-12/h3-4,10H,5-9H2,1-2H3,(H2,14,15,16,17,19). The van der Waals surface area contributed by atoms with E-state index in [-0.39, 0.29) is 12.1 Å². The van der Waals surface area contributed by atoms with E-state index in [2.05, 4.69) is 32.4 Å². The van der Waals surface area contributed by atoms with Crippen molar-refractivity contribution in [3.8, 4) is 0 Å². The molecule has 2 amide bonds. The van der Waals surface area contributed by atoms with Gasteiger partial charge >= 0.3 is 6.03 Å². The largest absolute Gasteiger partial charge is 0.376 e. The Kier molecular flexibility index (Phi) is 5.25. The van der Waals surface area contributed by atoms with Gasteiger partial charge in [-0.05, 0) is 19.9 Å². The predicted molar refractivity (Wildman–Crippen MR) is 75.6 cm³/mol. The highest BCUT2D eigenvalue weighted by Gasteiger charge is 2.16. The number of aryl methyl sites for hydroxylation is 1. The molecule has 0 radical (unpaired) electrons. The van der Waals surface area contributed by atoms with Crippen LogP contribution in [0.2, 0.25) is 0 Å². The van der Waals surface area contributed by atoms with E-state index in [1.807, 2.05) is 0 Å². The van der Waals surface area contributed by atoms with Crippen molar-refractivity contribution in [3.63, 3.8) is 0 Å². The molecule has 1 aliphatic heterocycles. The lowest BCUT2D eigenvalue weighted by molar-refractivity contribution is -0.0174. The molecular weight excluding hydrogens is 258 g/mol. The van der Waals surface area contributed by atoms with Crippen LogP contribution in [0.5, 0.6) is 0 Å². The Morgan fingerprint density at radius 3 is 3.20 bits per heavy atom. The lowest BCUT2D eigenvalue weighted by Crippen LogP contribution is -2.45. The Hall–Kier alpha value is -1.73. The van der Waals surface area contributed by atoms with E-state index in [0.29, 0.717) is 18.2 Å². The number of morpholine rings is 1. The van der Waals surface area contributed by atoms with Gasteiger partial charge in [-0.3, -0.25) is 10.2 Å². The average Bonchev–Trinajstić information content (AvgIpc) is 2.38. The Labute approximate surface area is 118 Å². The van der Waals surface area contributed by atoms with E-state index in [0.717, 1.165) is 26.2 Å². The number of anilines is 1. The first-order valence-electron chi connectivity index (χ1n) is 6.82. The van der Waals surface area contributed by atoms with Crippen LogP contribution in [0.15, 0.2) is 12.3 Å². The Morgan fingerprint density at radius 1 is 1.60 bits per heavy atom. The van der Waals surface area contributed by atoms with Crippen LogP contribution in [-0.4, -0.2) is 59.8 Å². The summed E-state index contributed by atoms with van der Waals surface area (Å²) in [6.45, 7) is 7.85. The van der Waals surface area contributed by atoms with E-state index in [9.17, 15) is 4.79 Å². The molecule has 20 heavy (non-hydrogen) atoms. The first-order chi connectivity index (χ1) is 9.63. The molecule has 2 heterocycles. The quantitative estimate of drug-likeness (QED) is 0.845. The number of nitrogens with one attached hydrogen (secondary N) is 2. The van der Waals surface area contributed by atoms with Crippen molar-refractivity contribution in [2.45, 2.75) is 20.0 Å². The van der Waals surface area contributed by atoms with E-state index >= 15 is 0 Å². The number of carbonyl (C=O) groups excluding carboxylic acids is 1. The molecule has 2 rings (SSSR count). The maximum atomic E-state index is 11.7. The van der Waals surface area contributed by atoms with Crippen LogP contribution in [0.25, 0.3) is 0 Å². The summed E-state index contributed by atoms with van der Waals surface area (Å²) in [5.74, 6) is 1.14. The van der Waals surface area contributed by atoms with Gasteiger partial charge in [0.2, 0.25) is 0 Å². The van der Waals surface area contributed by atoms with Crippen LogP contribution in [0, 0.1) is 6.92 Å². The van der Waals surface area contributed by atoms with Gasteiger partial charge in [0.25, 0.3) is 0 Å². The summed E-state index contributed by atoms with van der Waals surface area (Å²) in [6, 6.07) is 1.42. The predicted octanol–water partition coefficient (Wildman–Crippen LogP) is 0.627. The summed E-state index contributed by atoms with van der Waals surface area (Å²) in [5, 5.41) is 5.50. The zero-order chi connectivity index (χ0) is 14.4. The number of carbonyl (C=O) groups is 1. The van der Waals surface area contributed by atoms with Crippen LogP contribution in [-0.2, 0) is 4.74 Å². The van der Waals surface area contributed by atoms with Gasteiger partial charge in [0.15, 0.2) is 0 Å². The van der Waals surface area contributed by atoms with Gasteiger partial charge < -0.3 is 10.1 Å². The lowest BCUT2D eigenvalue weighted by Gasteiger charge is -2.30. The maximum Gasteiger partial charge on any atom is 0.320 e. The summed E-state index contributed by atoms with van der Waals surface area (Å²) in [6.07, 6.45) is 1.88. The van der Waals surface area contributed by atoms with Crippen molar-refractivity contribution in [3.05, 3.63) is 18.1 Å². The molecular formula is C13H21N5O2. The molecule has 0 aromatic carbocycles. The SMILES string of the molecule is Cc1nccc(NC(=O)NCCN2CCOC(C)C2)n1. The molecule has 1 atom stereocenters. The topological polar surface area (TPSA) is 79.4 Å². The third kappa shape index (κ3) is 4.75. The molecule has 1 aromatic heterocycles. The molecule has 7 nitrogen and oxygen atoms in total. The summed E-state index contributed by atoms with van der Waals surface area (Å²) < 4.78 is 5.47. The van der Waals surface area contributed by atoms with Crippen LogP contribution >= 0.6 is 0 Å². The van der Waals surface area contributed by atoms with Crippen molar-refractivity contribution < 1.29 is 9.53 Å². The third-order valence-electron chi connectivity index (χ3n) is 3.06. The van der Waals surface area contributed by atoms with Gasteiger partial charge in [-0.15, -0.1) is 0 Å². The van der Waals surface area contributed by atoms with Gasteiger partial charge in [0.05, 0.1) is 12.7 Å². The minimum absolute atomic E-state index is 0.246. The molecule has 110 valence electrons. The number of amides is 2. The summed E-state index contributed by atoms with van der Waals surface area (Å²) in [4.78, 5) is 22.1. The number of ether oxygens (including phenoxy) is 1. The van der Waals surface area contributed by atoms with Gasteiger partial charge in [-0.1, -0.05) is 0 Å². The summed E-state index contributed by atoms with van der Waals surface area (Å²) in [7, 11) is 0. The van der Waals surface area contributed by atoms with Gasteiger partial charge in [-0.25, -0.2) is 14.8 Å². The molecule has 1 aromatic rings. The Bertz CT molecular complexity index is 454. The highest BCUT2D eigenvalue weighted by atomic mass is 16.5. The second-order valence-corrected chi connectivity index (χ2v) is 4.85. The van der Waals surface area contributed by atoms with Gasteiger partial charge in [-0.2, -0.15) is 0 Å².